The summed E-state index contributed by atoms with van der Waals surface area (Å²) in [5.74, 6) is 0.556. The van der Waals surface area contributed by atoms with Gasteiger partial charge < -0.3 is 15.5 Å². The molecule has 23 heavy (non-hydrogen) atoms. The summed E-state index contributed by atoms with van der Waals surface area (Å²) in [5, 5.41) is 6.25. The van der Waals surface area contributed by atoms with Crippen LogP contribution in [0, 0.1) is 5.92 Å². The number of anilines is 2. The van der Waals surface area contributed by atoms with Crippen molar-refractivity contribution in [3.05, 3.63) is 24.3 Å². The van der Waals surface area contributed by atoms with Crippen molar-refractivity contribution >= 4 is 34.6 Å². The third kappa shape index (κ3) is 5.50. The van der Waals surface area contributed by atoms with E-state index in [1.54, 1.807) is 0 Å². The number of rotatable bonds is 6. The van der Waals surface area contributed by atoms with Gasteiger partial charge in [-0.3, -0.25) is 4.79 Å². The first-order valence-electron chi connectivity index (χ1n) is 8.58. The molecular formula is C18H27N3OS. The van der Waals surface area contributed by atoms with E-state index in [0.717, 1.165) is 18.8 Å². The Balaban J connectivity index is 1.81. The molecule has 2 N–H and O–H groups in total. The lowest BCUT2D eigenvalue weighted by molar-refractivity contribution is -0.120. The van der Waals surface area contributed by atoms with Gasteiger partial charge in [0.2, 0.25) is 5.91 Å². The van der Waals surface area contributed by atoms with Crippen LogP contribution in [0.1, 0.15) is 46.0 Å². The molecule has 1 saturated carbocycles. The van der Waals surface area contributed by atoms with Gasteiger partial charge >= 0.3 is 0 Å². The van der Waals surface area contributed by atoms with Crippen molar-refractivity contribution in [1.29, 1.82) is 0 Å². The SMILES string of the molecule is CCN(CC)c1ccc(NC(=S)NC(=O)CC2CCCC2)cc1. The van der Waals surface area contributed by atoms with E-state index in [4.69, 9.17) is 12.2 Å². The molecule has 0 radical (unpaired) electrons. The van der Waals surface area contributed by atoms with E-state index in [1.165, 1.54) is 31.4 Å². The minimum absolute atomic E-state index is 0.0224. The van der Waals surface area contributed by atoms with E-state index in [9.17, 15) is 4.79 Å². The third-order valence-electron chi connectivity index (χ3n) is 4.46. The summed E-state index contributed by atoms with van der Waals surface area (Å²) in [6.45, 7) is 6.26. The van der Waals surface area contributed by atoms with Crippen molar-refractivity contribution in [2.45, 2.75) is 46.0 Å². The first kappa shape index (κ1) is 17.7. The second-order valence-corrected chi connectivity index (χ2v) is 6.48. The molecule has 126 valence electrons. The molecule has 0 saturated heterocycles. The van der Waals surface area contributed by atoms with Crippen LogP contribution in [0.3, 0.4) is 0 Å². The molecule has 1 aromatic rings. The molecule has 0 aromatic heterocycles. The molecular weight excluding hydrogens is 306 g/mol. The molecule has 0 heterocycles. The summed E-state index contributed by atoms with van der Waals surface area (Å²) in [6, 6.07) is 8.11. The number of amides is 1. The monoisotopic (exact) mass is 333 g/mol. The van der Waals surface area contributed by atoms with Crippen molar-refractivity contribution in [1.82, 2.24) is 5.32 Å². The van der Waals surface area contributed by atoms with Gasteiger partial charge in [0.25, 0.3) is 0 Å². The summed E-state index contributed by atoms with van der Waals surface area (Å²) in [7, 11) is 0. The largest absolute Gasteiger partial charge is 0.372 e. The van der Waals surface area contributed by atoms with Crippen molar-refractivity contribution in [3.8, 4) is 0 Å². The van der Waals surface area contributed by atoms with E-state index >= 15 is 0 Å². The van der Waals surface area contributed by atoms with Gasteiger partial charge in [-0.2, -0.15) is 0 Å². The van der Waals surface area contributed by atoms with Gasteiger partial charge in [0.1, 0.15) is 0 Å². The Morgan fingerprint density at radius 2 is 1.78 bits per heavy atom. The molecule has 0 unspecified atom stereocenters. The fourth-order valence-corrected chi connectivity index (χ4v) is 3.39. The van der Waals surface area contributed by atoms with Gasteiger partial charge in [0, 0.05) is 30.9 Å². The zero-order valence-corrected chi connectivity index (χ0v) is 14.9. The number of nitrogens with zero attached hydrogens (tertiary/aromatic N) is 1. The lowest BCUT2D eigenvalue weighted by Crippen LogP contribution is -2.34. The second-order valence-electron chi connectivity index (χ2n) is 6.08. The van der Waals surface area contributed by atoms with Crippen LogP contribution in [0.25, 0.3) is 0 Å². The predicted molar refractivity (Wildman–Crippen MR) is 101 cm³/mol. The fourth-order valence-electron chi connectivity index (χ4n) is 3.16. The maximum absolute atomic E-state index is 12.0. The first-order chi connectivity index (χ1) is 11.1. The van der Waals surface area contributed by atoms with Crippen molar-refractivity contribution in [3.63, 3.8) is 0 Å². The number of carbonyl (C=O) groups is 1. The van der Waals surface area contributed by atoms with Crippen molar-refractivity contribution in [2.24, 2.45) is 5.92 Å². The number of hydrogen-bond donors (Lipinski definition) is 2. The molecule has 1 aliphatic carbocycles. The number of nitrogens with one attached hydrogen (secondary N) is 2. The van der Waals surface area contributed by atoms with Crippen molar-refractivity contribution < 1.29 is 4.79 Å². The van der Waals surface area contributed by atoms with Gasteiger partial charge in [-0.1, -0.05) is 12.8 Å². The highest BCUT2D eigenvalue weighted by Crippen LogP contribution is 2.27. The number of benzene rings is 1. The van der Waals surface area contributed by atoms with Crippen LogP contribution in [0.4, 0.5) is 11.4 Å². The lowest BCUT2D eigenvalue weighted by Gasteiger charge is -2.21. The highest BCUT2D eigenvalue weighted by atomic mass is 32.1. The summed E-state index contributed by atoms with van der Waals surface area (Å²) in [4.78, 5) is 14.3. The Bertz CT molecular complexity index is 520. The van der Waals surface area contributed by atoms with E-state index < -0.39 is 0 Å². The van der Waals surface area contributed by atoms with Crippen molar-refractivity contribution in [2.75, 3.05) is 23.3 Å². The van der Waals surface area contributed by atoms with Gasteiger partial charge in [-0.05, 0) is 69.1 Å². The molecule has 5 heteroatoms. The zero-order valence-electron chi connectivity index (χ0n) is 14.1. The van der Waals surface area contributed by atoms with E-state index in [-0.39, 0.29) is 5.91 Å². The standard InChI is InChI=1S/C18H27N3OS/c1-3-21(4-2)16-11-9-15(10-12-16)19-18(23)20-17(22)13-14-7-5-6-8-14/h9-12,14H,3-8,13H2,1-2H3,(H2,19,20,22,23). The Hall–Kier alpha value is -1.62. The van der Waals surface area contributed by atoms with Gasteiger partial charge in [0.15, 0.2) is 5.11 Å². The Morgan fingerprint density at radius 3 is 2.35 bits per heavy atom. The lowest BCUT2D eigenvalue weighted by atomic mass is 10.0. The molecule has 0 aliphatic heterocycles. The predicted octanol–water partition coefficient (Wildman–Crippen LogP) is 3.93. The smallest absolute Gasteiger partial charge is 0.226 e. The van der Waals surface area contributed by atoms with Crippen LogP contribution in [0.15, 0.2) is 24.3 Å². The highest BCUT2D eigenvalue weighted by Gasteiger charge is 2.18. The van der Waals surface area contributed by atoms with Crippen LogP contribution in [0.5, 0.6) is 0 Å². The van der Waals surface area contributed by atoms with Gasteiger partial charge in [0.05, 0.1) is 0 Å². The van der Waals surface area contributed by atoms with Gasteiger partial charge in [-0.25, -0.2) is 0 Å². The third-order valence-corrected chi connectivity index (χ3v) is 4.66. The number of hydrogen-bond acceptors (Lipinski definition) is 3. The topological polar surface area (TPSA) is 44.4 Å². The second kappa shape index (κ2) is 8.87. The Kier molecular flexibility index (Phi) is 6.84. The average Bonchev–Trinajstić information content (AvgIpc) is 3.02. The first-order valence-corrected chi connectivity index (χ1v) is 8.99. The van der Waals surface area contributed by atoms with Crippen LogP contribution in [-0.2, 0) is 4.79 Å². The molecule has 0 spiro atoms. The molecule has 1 aliphatic rings. The van der Waals surface area contributed by atoms with Crippen LogP contribution >= 0.6 is 12.2 Å². The quantitative estimate of drug-likeness (QED) is 0.774. The van der Waals surface area contributed by atoms with Crippen LogP contribution < -0.4 is 15.5 Å². The summed E-state index contributed by atoms with van der Waals surface area (Å²) >= 11 is 5.23. The maximum Gasteiger partial charge on any atom is 0.226 e. The highest BCUT2D eigenvalue weighted by molar-refractivity contribution is 7.80. The Labute approximate surface area is 144 Å². The van der Waals surface area contributed by atoms with Gasteiger partial charge in [-0.15, -0.1) is 0 Å². The van der Waals surface area contributed by atoms with E-state index in [2.05, 4.69) is 41.5 Å². The number of thiocarbonyl (C=S) groups is 1. The summed E-state index contributed by atoms with van der Waals surface area (Å²) < 4.78 is 0. The molecule has 0 atom stereocenters. The van der Waals surface area contributed by atoms with E-state index in [1.807, 2.05) is 12.1 Å². The summed E-state index contributed by atoms with van der Waals surface area (Å²) in [6.07, 6.45) is 5.42. The molecule has 2 rings (SSSR count). The maximum atomic E-state index is 12.0. The Morgan fingerprint density at radius 1 is 1.17 bits per heavy atom. The minimum atomic E-state index is 0.0224. The molecule has 4 nitrogen and oxygen atoms in total. The molecule has 1 aromatic carbocycles. The normalized spacial score (nSPS) is 14.5. The molecule has 1 fully saturated rings. The average molecular weight is 334 g/mol. The minimum Gasteiger partial charge on any atom is -0.372 e. The van der Waals surface area contributed by atoms with E-state index in [0.29, 0.717) is 17.5 Å². The summed E-state index contributed by atoms with van der Waals surface area (Å²) in [5.41, 5.74) is 2.09. The fraction of sp³-hybridized carbons (Fsp3) is 0.556. The zero-order chi connectivity index (χ0) is 16.7. The molecule has 1 amide bonds. The number of carbonyl (C=O) groups excluding carboxylic acids is 1. The molecule has 0 bridgehead atoms. The van der Waals surface area contributed by atoms with Crippen LogP contribution in [-0.4, -0.2) is 24.1 Å². The van der Waals surface area contributed by atoms with Crippen LogP contribution in [0.2, 0.25) is 0 Å².